The predicted octanol–water partition coefficient (Wildman–Crippen LogP) is 3.96. The highest BCUT2D eigenvalue weighted by Crippen LogP contribution is 2.46. The molecular weight excluding hydrogens is 318 g/mol. The first-order chi connectivity index (χ1) is 9.70. The Morgan fingerprint density at radius 3 is 2.45 bits per heavy atom. The van der Waals surface area contributed by atoms with E-state index in [2.05, 4.69) is 21.2 Å². The fourth-order valence-corrected chi connectivity index (χ4v) is 3.80. The highest BCUT2D eigenvalue weighted by atomic mass is 79.9. The molecule has 0 saturated heterocycles. The first kappa shape index (κ1) is 14.3. The third-order valence-electron chi connectivity index (χ3n) is 4.54. The zero-order valence-corrected chi connectivity index (χ0v) is 13.8. The van der Waals surface area contributed by atoms with Crippen LogP contribution in [0.15, 0.2) is 4.47 Å². The summed E-state index contributed by atoms with van der Waals surface area (Å²) in [5.41, 5.74) is 0.870. The molecule has 0 amide bonds. The van der Waals surface area contributed by atoms with Crippen molar-refractivity contribution in [3.63, 3.8) is 0 Å². The minimum absolute atomic E-state index is 0.284. The fourth-order valence-electron chi connectivity index (χ4n) is 3.10. The molecule has 4 nitrogen and oxygen atoms in total. The monoisotopic (exact) mass is 339 g/mol. The van der Waals surface area contributed by atoms with Gasteiger partial charge < -0.3 is 10.1 Å². The highest BCUT2D eigenvalue weighted by Gasteiger charge is 2.39. The summed E-state index contributed by atoms with van der Waals surface area (Å²) in [4.78, 5) is 9.62. The van der Waals surface area contributed by atoms with Crippen LogP contribution in [0.2, 0.25) is 0 Å². The summed E-state index contributed by atoms with van der Waals surface area (Å²) in [7, 11) is 3.71. The van der Waals surface area contributed by atoms with Gasteiger partial charge in [0, 0.05) is 20.1 Å². The van der Waals surface area contributed by atoms with Crippen LogP contribution in [0.1, 0.15) is 62.4 Å². The topological polar surface area (TPSA) is 47.0 Å². The van der Waals surface area contributed by atoms with Crippen molar-refractivity contribution in [2.45, 2.75) is 56.5 Å². The Hall–Kier alpha value is -0.680. The highest BCUT2D eigenvalue weighted by molar-refractivity contribution is 9.10. The average Bonchev–Trinajstić information content (AvgIpc) is 3.33. The summed E-state index contributed by atoms with van der Waals surface area (Å²) < 4.78 is 6.91. The van der Waals surface area contributed by atoms with Crippen LogP contribution in [-0.2, 0) is 10.3 Å². The van der Waals surface area contributed by atoms with E-state index >= 15 is 0 Å². The van der Waals surface area contributed by atoms with Crippen molar-refractivity contribution in [3.05, 3.63) is 16.0 Å². The second-order valence-electron chi connectivity index (χ2n) is 5.88. The van der Waals surface area contributed by atoms with Gasteiger partial charge in [0.2, 0.25) is 0 Å². The summed E-state index contributed by atoms with van der Waals surface area (Å²) in [5.74, 6) is 2.35. The Morgan fingerprint density at radius 1 is 1.20 bits per heavy atom. The summed E-state index contributed by atoms with van der Waals surface area (Å²) in [6.45, 7) is 0. The van der Waals surface area contributed by atoms with Gasteiger partial charge in [0.05, 0.1) is 10.2 Å². The second-order valence-corrected chi connectivity index (χ2v) is 6.67. The molecule has 0 aliphatic heterocycles. The summed E-state index contributed by atoms with van der Waals surface area (Å²) in [6, 6.07) is 0. The minimum atomic E-state index is -0.284. The number of anilines is 1. The normalized spacial score (nSPS) is 21.8. The van der Waals surface area contributed by atoms with E-state index in [1.165, 1.54) is 32.1 Å². The molecule has 3 rings (SSSR count). The first-order valence-electron chi connectivity index (χ1n) is 7.51. The zero-order chi connectivity index (χ0) is 14.2. The quantitative estimate of drug-likeness (QED) is 0.901. The number of hydrogen-bond acceptors (Lipinski definition) is 4. The molecule has 0 atom stereocenters. The zero-order valence-electron chi connectivity index (χ0n) is 12.2. The van der Waals surface area contributed by atoms with Gasteiger partial charge in [-0.05, 0) is 41.6 Å². The molecule has 0 spiro atoms. The van der Waals surface area contributed by atoms with Crippen LogP contribution in [0.3, 0.4) is 0 Å². The lowest BCUT2D eigenvalue weighted by molar-refractivity contribution is -0.0515. The van der Waals surface area contributed by atoms with Crippen molar-refractivity contribution < 1.29 is 4.74 Å². The Balaban J connectivity index is 2.05. The maximum absolute atomic E-state index is 5.89. The molecule has 110 valence electrons. The molecule has 1 N–H and O–H groups in total. The predicted molar refractivity (Wildman–Crippen MR) is 83.0 cm³/mol. The molecule has 0 unspecified atom stereocenters. The largest absolute Gasteiger partial charge is 0.372 e. The summed E-state index contributed by atoms with van der Waals surface area (Å²) in [6.07, 6.45) is 8.20. The van der Waals surface area contributed by atoms with Gasteiger partial charge >= 0.3 is 0 Å². The van der Waals surface area contributed by atoms with Crippen molar-refractivity contribution in [2.24, 2.45) is 0 Å². The van der Waals surface area contributed by atoms with E-state index in [1.54, 1.807) is 7.11 Å². The van der Waals surface area contributed by atoms with Crippen LogP contribution in [0, 0.1) is 0 Å². The second kappa shape index (κ2) is 5.60. The molecule has 1 heterocycles. The molecule has 0 bridgehead atoms. The molecule has 20 heavy (non-hydrogen) atoms. The molecular formula is C15H22BrN3O. The SMILES string of the molecule is CNc1nc(C2(OC)CCCCC2)nc(C2CC2)c1Br. The number of methoxy groups -OCH3 is 1. The van der Waals surface area contributed by atoms with Crippen molar-refractivity contribution in [1.29, 1.82) is 0 Å². The number of nitrogens with zero attached hydrogens (tertiary/aromatic N) is 2. The average molecular weight is 340 g/mol. The van der Waals surface area contributed by atoms with Gasteiger partial charge in [-0.2, -0.15) is 0 Å². The summed E-state index contributed by atoms with van der Waals surface area (Å²) in [5, 5.41) is 3.19. The molecule has 5 heteroatoms. The van der Waals surface area contributed by atoms with Crippen LogP contribution >= 0.6 is 15.9 Å². The van der Waals surface area contributed by atoms with E-state index < -0.39 is 0 Å². The van der Waals surface area contributed by atoms with E-state index in [0.29, 0.717) is 5.92 Å². The number of halogens is 1. The van der Waals surface area contributed by atoms with E-state index in [1.807, 2.05) is 7.05 Å². The van der Waals surface area contributed by atoms with E-state index in [9.17, 15) is 0 Å². The molecule has 0 radical (unpaired) electrons. The Labute approximate surface area is 128 Å². The Kier molecular flexibility index (Phi) is 4.00. The first-order valence-corrected chi connectivity index (χ1v) is 8.30. The van der Waals surface area contributed by atoms with Crippen molar-refractivity contribution in [1.82, 2.24) is 9.97 Å². The van der Waals surface area contributed by atoms with Crippen molar-refractivity contribution >= 4 is 21.7 Å². The fraction of sp³-hybridized carbons (Fsp3) is 0.733. The molecule has 2 fully saturated rings. The van der Waals surface area contributed by atoms with Crippen LogP contribution in [0.4, 0.5) is 5.82 Å². The number of aromatic nitrogens is 2. The van der Waals surface area contributed by atoms with Gasteiger partial charge in [-0.1, -0.05) is 19.3 Å². The number of ether oxygens (including phenoxy) is 1. The molecule has 2 aliphatic rings. The molecule has 2 saturated carbocycles. The lowest BCUT2D eigenvalue weighted by atomic mass is 9.84. The molecule has 1 aromatic heterocycles. The van der Waals surface area contributed by atoms with Crippen LogP contribution in [0.5, 0.6) is 0 Å². The van der Waals surface area contributed by atoms with Gasteiger partial charge in [-0.3, -0.25) is 0 Å². The van der Waals surface area contributed by atoms with E-state index in [-0.39, 0.29) is 5.60 Å². The van der Waals surface area contributed by atoms with Crippen LogP contribution in [0.25, 0.3) is 0 Å². The molecule has 0 aromatic carbocycles. The Morgan fingerprint density at radius 2 is 1.90 bits per heavy atom. The smallest absolute Gasteiger partial charge is 0.162 e. The third kappa shape index (κ3) is 2.46. The number of nitrogens with one attached hydrogen (secondary N) is 1. The number of rotatable bonds is 4. The third-order valence-corrected chi connectivity index (χ3v) is 5.32. The summed E-state index contributed by atoms with van der Waals surface area (Å²) >= 11 is 3.65. The maximum atomic E-state index is 5.89. The van der Waals surface area contributed by atoms with Crippen LogP contribution in [-0.4, -0.2) is 24.1 Å². The van der Waals surface area contributed by atoms with Crippen molar-refractivity contribution in [2.75, 3.05) is 19.5 Å². The lowest BCUT2D eigenvalue weighted by Gasteiger charge is -2.35. The van der Waals surface area contributed by atoms with Crippen LogP contribution < -0.4 is 5.32 Å². The Bertz CT molecular complexity index is 496. The minimum Gasteiger partial charge on any atom is -0.372 e. The van der Waals surface area contributed by atoms with Gasteiger partial charge in [-0.25, -0.2) is 9.97 Å². The van der Waals surface area contributed by atoms with Gasteiger partial charge in [0.1, 0.15) is 11.4 Å². The number of hydrogen-bond donors (Lipinski definition) is 1. The van der Waals surface area contributed by atoms with E-state index in [4.69, 9.17) is 14.7 Å². The standard InChI is InChI=1S/C15H22BrN3O/c1-17-13-11(16)12(10-6-7-10)18-14(19-13)15(20-2)8-4-3-5-9-15/h10H,3-9H2,1-2H3,(H,17,18,19). The lowest BCUT2D eigenvalue weighted by Crippen LogP contribution is -2.34. The van der Waals surface area contributed by atoms with Gasteiger partial charge in [-0.15, -0.1) is 0 Å². The van der Waals surface area contributed by atoms with Gasteiger partial charge in [0.25, 0.3) is 0 Å². The van der Waals surface area contributed by atoms with Crippen molar-refractivity contribution in [3.8, 4) is 0 Å². The van der Waals surface area contributed by atoms with Gasteiger partial charge in [0.15, 0.2) is 5.82 Å². The van der Waals surface area contributed by atoms with E-state index in [0.717, 1.165) is 34.7 Å². The molecule has 1 aromatic rings. The molecule has 2 aliphatic carbocycles. The maximum Gasteiger partial charge on any atom is 0.162 e.